The summed E-state index contributed by atoms with van der Waals surface area (Å²) in [6, 6.07) is 33.1. The first kappa shape index (κ1) is 25.9. The molecule has 0 aliphatic heterocycles. The highest BCUT2D eigenvalue weighted by Crippen LogP contribution is 2.69. The predicted octanol–water partition coefficient (Wildman–Crippen LogP) is 11.4. The van der Waals surface area contributed by atoms with Crippen LogP contribution < -0.4 is 0 Å². The average Bonchev–Trinajstić information content (AvgIpc) is 3.55. The van der Waals surface area contributed by atoms with Crippen molar-refractivity contribution in [3.05, 3.63) is 129 Å². The van der Waals surface area contributed by atoms with Gasteiger partial charge in [-0.25, -0.2) is 0 Å². The summed E-state index contributed by atoms with van der Waals surface area (Å²) < 4.78 is 0. The molecule has 6 aliphatic carbocycles. The summed E-state index contributed by atoms with van der Waals surface area (Å²) in [4.78, 5) is 0. The van der Waals surface area contributed by atoms with Crippen molar-refractivity contribution in [3.63, 3.8) is 0 Å². The van der Waals surface area contributed by atoms with E-state index in [2.05, 4.69) is 98.8 Å². The van der Waals surface area contributed by atoms with Gasteiger partial charge < -0.3 is 0 Å². The first-order chi connectivity index (χ1) is 21.7. The summed E-state index contributed by atoms with van der Waals surface area (Å²) in [7, 11) is 0. The van der Waals surface area contributed by atoms with E-state index in [-0.39, 0.29) is 0 Å². The van der Waals surface area contributed by atoms with Gasteiger partial charge >= 0.3 is 0 Å². The Morgan fingerprint density at radius 1 is 0.500 bits per heavy atom. The van der Waals surface area contributed by atoms with E-state index < -0.39 is 0 Å². The molecule has 6 atom stereocenters. The second-order valence-corrected chi connectivity index (χ2v) is 15.4. The number of aryl methyl sites for hydroxylation is 2. The van der Waals surface area contributed by atoms with Crippen LogP contribution in [0, 0.1) is 49.4 Å². The third kappa shape index (κ3) is 3.41. The van der Waals surface area contributed by atoms with Crippen LogP contribution in [0.25, 0.3) is 21.9 Å². The van der Waals surface area contributed by atoms with Crippen LogP contribution in [-0.4, -0.2) is 0 Å². The van der Waals surface area contributed by atoms with Gasteiger partial charge in [-0.2, -0.15) is 0 Å². The van der Waals surface area contributed by atoms with E-state index in [9.17, 15) is 0 Å². The zero-order chi connectivity index (χ0) is 29.1. The lowest BCUT2D eigenvalue weighted by Crippen LogP contribution is -2.33. The molecule has 0 saturated heterocycles. The summed E-state index contributed by atoms with van der Waals surface area (Å²) in [6.07, 6.45) is 11.6. The van der Waals surface area contributed by atoms with Crippen LogP contribution in [0.4, 0.5) is 0 Å². The molecule has 0 heteroatoms. The largest absolute Gasteiger partial charge is 0.0620 e. The van der Waals surface area contributed by atoms with Gasteiger partial charge in [-0.05, 0) is 141 Å². The second-order valence-electron chi connectivity index (χ2n) is 15.4. The fourth-order valence-corrected chi connectivity index (χ4v) is 12.4. The number of hydrogen-bond acceptors (Lipinski definition) is 0. The molecule has 220 valence electrons. The molecular weight excluding hydrogens is 528 g/mol. The molecule has 0 N–H and O–H groups in total. The summed E-state index contributed by atoms with van der Waals surface area (Å²) in [6.45, 7) is 4.73. The first-order valence-corrected chi connectivity index (χ1v) is 17.8. The molecule has 0 nitrogen and oxygen atoms in total. The molecule has 4 fully saturated rings. The zero-order valence-corrected chi connectivity index (χ0v) is 26.4. The van der Waals surface area contributed by atoms with Crippen molar-refractivity contribution in [2.24, 2.45) is 35.5 Å². The topological polar surface area (TPSA) is 0 Å². The normalized spacial score (nSPS) is 33.2. The van der Waals surface area contributed by atoms with Crippen molar-refractivity contribution in [1.82, 2.24) is 0 Å². The second kappa shape index (κ2) is 9.56. The van der Waals surface area contributed by atoms with Crippen LogP contribution in [0.3, 0.4) is 0 Å². The average molecular weight is 573 g/mol. The van der Waals surface area contributed by atoms with Crippen molar-refractivity contribution in [3.8, 4) is 0 Å². The molecule has 0 heterocycles. The maximum Gasteiger partial charge on any atom is 0.0214 e. The summed E-state index contributed by atoms with van der Waals surface area (Å²) in [5.74, 6) is 6.44. The Kier molecular flexibility index (Phi) is 5.63. The SMILES string of the molecule is Cc1ccccc1C1=C2CC3C(CC2=C(c2ccccc2C)C2c4cccc5cccc(c45)C12)C1CCCC2CCCC3C21. The number of benzene rings is 4. The lowest BCUT2D eigenvalue weighted by Gasteiger charge is -2.44. The highest BCUT2D eigenvalue weighted by atomic mass is 14.6. The van der Waals surface area contributed by atoms with E-state index in [1.807, 2.05) is 0 Å². The van der Waals surface area contributed by atoms with Gasteiger partial charge in [0.15, 0.2) is 0 Å². The lowest BCUT2D eigenvalue weighted by atomic mass is 9.59. The van der Waals surface area contributed by atoms with Crippen molar-refractivity contribution in [2.75, 3.05) is 0 Å². The fourth-order valence-electron chi connectivity index (χ4n) is 12.4. The summed E-state index contributed by atoms with van der Waals surface area (Å²) in [5, 5.41) is 2.94. The van der Waals surface area contributed by atoms with Gasteiger partial charge in [-0.3, -0.25) is 0 Å². The van der Waals surface area contributed by atoms with Gasteiger partial charge in [-0.1, -0.05) is 111 Å². The minimum atomic E-state index is 0.380. The van der Waals surface area contributed by atoms with E-state index >= 15 is 0 Å². The maximum absolute atomic E-state index is 2.48. The quantitative estimate of drug-likeness (QED) is 0.224. The van der Waals surface area contributed by atoms with Crippen molar-refractivity contribution < 1.29 is 0 Å². The highest BCUT2D eigenvalue weighted by molar-refractivity contribution is 6.03. The van der Waals surface area contributed by atoms with Gasteiger partial charge in [0.25, 0.3) is 0 Å². The van der Waals surface area contributed by atoms with Crippen LogP contribution in [0.1, 0.15) is 96.6 Å². The Morgan fingerprint density at radius 3 is 1.50 bits per heavy atom. The van der Waals surface area contributed by atoms with Gasteiger partial charge in [0.05, 0.1) is 0 Å². The molecule has 6 aliphatic rings. The summed E-state index contributed by atoms with van der Waals surface area (Å²) in [5.41, 5.74) is 15.9. The third-order valence-electron chi connectivity index (χ3n) is 13.8. The van der Waals surface area contributed by atoms with Crippen molar-refractivity contribution in [2.45, 2.75) is 77.0 Å². The van der Waals surface area contributed by atoms with Gasteiger partial charge in [0.1, 0.15) is 0 Å². The molecule has 0 bridgehead atoms. The minimum absolute atomic E-state index is 0.380. The van der Waals surface area contributed by atoms with Crippen LogP contribution >= 0.6 is 0 Å². The molecule has 6 unspecified atom stereocenters. The smallest absolute Gasteiger partial charge is 0.0214 e. The molecule has 10 rings (SSSR count). The summed E-state index contributed by atoms with van der Waals surface area (Å²) >= 11 is 0. The van der Waals surface area contributed by atoms with E-state index in [0.717, 1.165) is 35.5 Å². The molecule has 44 heavy (non-hydrogen) atoms. The lowest BCUT2D eigenvalue weighted by molar-refractivity contribution is 0.0821. The Bertz CT molecular complexity index is 1770. The van der Waals surface area contributed by atoms with Gasteiger partial charge in [0, 0.05) is 11.8 Å². The predicted molar refractivity (Wildman–Crippen MR) is 184 cm³/mol. The standard InChI is InChI=1S/C44H44/c1-25-11-3-5-17-29(25)41-37-23-35-31-19-7-13-27-14-8-20-32(39(27)31)36(35)24-38(37)42(30-18-6-4-12-26(30)2)44-34-22-10-16-28-15-9-21-33(40(28)34)43(41)44/h3-6,9-12,15-18,21-22,27,31-32,35-36,39,43-44H,7-8,13-14,19-20,23-24H2,1-2H3. The molecule has 0 amide bonds. The molecule has 0 radical (unpaired) electrons. The monoisotopic (exact) mass is 572 g/mol. The number of fused-ring (bicyclic) bond motifs is 7. The van der Waals surface area contributed by atoms with Crippen molar-refractivity contribution >= 4 is 21.9 Å². The zero-order valence-electron chi connectivity index (χ0n) is 26.4. The minimum Gasteiger partial charge on any atom is -0.0620 e. The van der Waals surface area contributed by atoms with Gasteiger partial charge in [-0.15, -0.1) is 0 Å². The maximum atomic E-state index is 2.48. The van der Waals surface area contributed by atoms with E-state index in [1.54, 1.807) is 33.4 Å². The number of allylic oxidation sites excluding steroid dienone is 4. The molecule has 4 saturated carbocycles. The molecule has 4 aromatic carbocycles. The molecule has 0 spiro atoms. The van der Waals surface area contributed by atoms with Gasteiger partial charge in [0.2, 0.25) is 0 Å². The number of rotatable bonds is 2. The highest BCUT2D eigenvalue weighted by Gasteiger charge is 2.58. The van der Waals surface area contributed by atoms with Crippen LogP contribution in [0.15, 0.2) is 96.1 Å². The van der Waals surface area contributed by atoms with Crippen LogP contribution in [0.2, 0.25) is 0 Å². The third-order valence-corrected chi connectivity index (χ3v) is 13.8. The Hall–Kier alpha value is -3.38. The van der Waals surface area contributed by atoms with Crippen molar-refractivity contribution in [1.29, 1.82) is 0 Å². The first-order valence-electron chi connectivity index (χ1n) is 17.8. The number of hydrogen-bond donors (Lipinski definition) is 0. The fraction of sp³-hybridized carbons (Fsp3) is 0.409. The van der Waals surface area contributed by atoms with E-state index in [0.29, 0.717) is 11.8 Å². The molecule has 0 aromatic heterocycles. The van der Waals surface area contributed by atoms with E-state index in [4.69, 9.17) is 0 Å². The Balaban J connectivity index is 1.29. The Labute approximate surface area is 263 Å². The van der Waals surface area contributed by atoms with Crippen LogP contribution in [0.5, 0.6) is 0 Å². The van der Waals surface area contributed by atoms with Crippen LogP contribution in [-0.2, 0) is 0 Å². The Morgan fingerprint density at radius 2 is 1.00 bits per heavy atom. The van der Waals surface area contributed by atoms with E-state index in [1.165, 1.54) is 84.4 Å². The molecule has 4 aromatic rings. The molecular formula is C44H44.